The summed E-state index contributed by atoms with van der Waals surface area (Å²) in [5, 5.41) is 0. The summed E-state index contributed by atoms with van der Waals surface area (Å²) in [6.45, 7) is 3.77. The lowest BCUT2D eigenvalue weighted by atomic mass is 10.1. The molecule has 0 aromatic heterocycles. The van der Waals surface area contributed by atoms with Gasteiger partial charge in [-0.3, -0.25) is 4.99 Å². The first-order valence-electron chi connectivity index (χ1n) is 6.68. The summed E-state index contributed by atoms with van der Waals surface area (Å²) in [5.74, 6) is -1.80. The molecule has 0 atom stereocenters. The quantitative estimate of drug-likeness (QED) is 0.588. The van der Waals surface area contributed by atoms with Crippen molar-refractivity contribution in [2.75, 3.05) is 20.8 Å². The molecular formula is C16H20F2N2O3. The Bertz CT molecular complexity index is 608. The predicted molar refractivity (Wildman–Crippen MR) is 85.9 cm³/mol. The third kappa shape index (κ3) is 5.98. The van der Waals surface area contributed by atoms with E-state index in [-0.39, 0.29) is 5.76 Å². The van der Waals surface area contributed by atoms with Crippen molar-refractivity contribution in [3.05, 3.63) is 42.3 Å². The van der Waals surface area contributed by atoms with E-state index in [1.807, 2.05) is 0 Å². The molecule has 0 heterocycles. The van der Waals surface area contributed by atoms with E-state index >= 15 is 0 Å². The zero-order valence-corrected chi connectivity index (χ0v) is 13.3. The number of benzene rings is 1. The standard InChI is InChI=1S/C16H20F2N2O3/c1-11(14-6-5-12(21-3)7-15(14)22-4)20-9-13(8-19)23-10-16(2,17)18/h5-9H,1,10,19H2,2-4H3/b13-8+,20-9?. The molecule has 0 aliphatic heterocycles. The molecule has 23 heavy (non-hydrogen) atoms. The normalized spacial score (nSPS) is 12.3. The first kappa shape index (κ1) is 18.5. The molecule has 0 unspecified atom stereocenters. The van der Waals surface area contributed by atoms with Crippen LogP contribution >= 0.6 is 0 Å². The molecule has 2 N–H and O–H groups in total. The van der Waals surface area contributed by atoms with Gasteiger partial charge in [-0.05, 0) is 12.1 Å². The van der Waals surface area contributed by atoms with Crippen LogP contribution in [0.3, 0.4) is 0 Å². The van der Waals surface area contributed by atoms with Crippen molar-refractivity contribution >= 4 is 11.9 Å². The first-order valence-corrected chi connectivity index (χ1v) is 6.68. The number of ether oxygens (including phenoxy) is 3. The molecule has 1 aromatic rings. The Morgan fingerprint density at radius 2 is 2.04 bits per heavy atom. The Hall–Kier alpha value is -2.57. The van der Waals surface area contributed by atoms with Gasteiger partial charge in [0.15, 0.2) is 12.4 Å². The number of hydrogen-bond donors (Lipinski definition) is 1. The molecule has 1 aromatic carbocycles. The van der Waals surface area contributed by atoms with Crippen molar-refractivity contribution in [3.63, 3.8) is 0 Å². The maximum atomic E-state index is 12.8. The topological polar surface area (TPSA) is 66.1 Å². The summed E-state index contributed by atoms with van der Waals surface area (Å²) in [7, 11) is 3.05. The van der Waals surface area contributed by atoms with Crippen LogP contribution in [0, 0.1) is 0 Å². The molecule has 0 bridgehead atoms. The van der Waals surface area contributed by atoms with Crippen LogP contribution in [0.5, 0.6) is 11.5 Å². The molecule has 0 amide bonds. The van der Waals surface area contributed by atoms with Crippen molar-refractivity contribution in [1.29, 1.82) is 0 Å². The van der Waals surface area contributed by atoms with Crippen molar-refractivity contribution in [3.8, 4) is 11.5 Å². The van der Waals surface area contributed by atoms with E-state index in [1.165, 1.54) is 13.3 Å². The van der Waals surface area contributed by atoms with Crippen LogP contribution in [-0.2, 0) is 4.74 Å². The number of rotatable bonds is 8. The summed E-state index contributed by atoms with van der Waals surface area (Å²) in [5.41, 5.74) is 6.31. The second kappa shape index (κ2) is 8.17. The molecule has 0 saturated carbocycles. The van der Waals surface area contributed by atoms with Crippen LogP contribution in [-0.4, -0.2) is 33.0 Å². The fourth-order valence-electron chi connectivity index (χ4n) is 1.59. The Labute approximate surface area is 134 Å². The van der Waals surface area contributed by atoms with E-state index in [2.05, 4.69) is 11.6 Å². The van der Waals surface area contributed by atoms with E-state index in [0.717, 1.165) is 13.1 Å². The van der Waals surface area contributed by atoms with Gasteiger partial charge in [-0.1, -0.05) is 6.58 Å². The molecule has 0 radical (unpaired) electrons. The van der Waals surface area contributed by atoms with Crippen molar-refractivity contribution in [2.45, 2.75) is 12.8 Å². The number of alkyl halides is 2. The highest BCUT2D eigenvalue weighted by atomic mass is 19.3. The van der Waals surface area contributed by atoms with Crippen LogP contribution < -0.4 is 15.2 Å². The Morgan fingerprint density at radius 3 is 2.57 bits per heavy atom. The number of nitrogens with two attached hydrogens (primary N) is 1. The Kier molecular flexibility index (Phi) is 6.56. The summed E-state index contributed by atoms with van der Waals surface area (Å²) in [6.07, 6.45) is 2.27. The minimum Gasteiger partial charge on any atom is -0.497 e. The highest BCUT2D eigenvalue weighted by molar-refractivity contribution is 5.83. The van der Waals surface area contributed by atoms with Gasteiger partial charge in [0.25, 0.3) is 5.92 Å². The van der Waals surface area contributed by atoms with Crippen molar-refractivity contribution in [2.24, 2.45) is 10.7 Å². The average molecular weight is 326 g/mol. The van der Waals surface area contributed by atoms with Gasteiger partial charge in [0, 0.05) is 24.8 Å². The second-order valence-corrected chi connectivity index (χ2v) is 4.70. The molecule has 126 valence electrons. The molecule has 0 spiro atoms. The molecule has 5 nitrogen and oxygen atoms in total. The maximum Gasteiger partial charge on any atom is 0.278 e. The molecular weight excluding hydrogens is 306 g/mol. The van der Waals surface area contributed by atoms with E-state index < -0.39 is 12.5 Å². The van der Waals surface area contributed by atoms with Gasteiger partial charge in [0.2, 0.25) is 0 Å². The van der Waals surface area contributed by atoms with Crippen LogP contribution in [0.4, 0.5) is 8.78 Å². The maximum absolute atomic E-state index is 12.8. The predicted octanol–water partition coefficient (Wildman–Crippen LogP) is 3.22. The fraction of sp³-hybridized carbons (Fsp3) is 0.312. The third-order valence-electron chi connectivity index (χ3n) is 2.72. The molecule has 7 heteroatoms. The fourth-order valence-corrected chi connectivity index (χ4v) is 1.59. The van der Waals surface area contributed by atoms with Gasteiger partial charge in [0.1, 0.15) is 11.5 Å². The third-order valence-corrected chi connectivity index (χ3v) is 2.72. The zero-order valence-electron chi connectivity index (χ0n) is 13.3. The van der Waals surface area contributed by atoms with Crippen LogP contribution in [0.1, 0.15) is 12.5 Å². The highest BCUT2D eigenvalue weighted by Crippen LogP contribution is 2.29. The molecule has 0 aliphatic carbocycles. The summed E-state index contributed by atoms with van der Waals surface area (Å²) in [4.78, 5) is 4.07. The monoisotopic (exact) mass is 326 g/mol. The van der Waals surface area contributed by atoms with Crippen molar-refractivity contribution < 1.29 is 23.0 Å². The first-order chi connectivity index (χ1) is 10.8. The lowest BCUT2D eigenvalue weighted by Gasteiger charge is -2.12. The SMILES string of the molecule is C=C(N=C/C(=C\N)OCC(C)(F)F)c1ccc(OC)cc1OC. The van der Waals surface area contributed by atoms with Gasteiger partial charge in [0.05, 0.1) is 26.1 Å². The lowest BCUT2D eigenvalue weighted by molar-refractivity contribution is -0.0402. The van der Waals surface area contributed by atoms with E-state index in [1.54, 1.807) is 25.3 Å². The average Bonchev–Trinajstić information content (AvgIpc) is 2.53. The summed E-state index contributed by atoms with van der Waals surface area (Å²) >= 11 is 0. The number of methoxy groups -OCH3 is 2. The lowest BCUT2D eigenvalue weighted by Crippen LogP contribution is -2.19. The van der Waals surface area contributed by atoms with Gasteiger partial charge >= 0.3 is 0 Å². The summed E-state index contributed by atoms with van der Waals surface area (Å²) < 4.78 is 40.8. The molecule has 0 saturated heterocycles. The van der Waals surface area contributed by atoms with E-state index in [4.69, 9.17) is 19.9 Å². The van der Waals surface area contributed by atoms with Gasteiger partial charge < -0.3 is 19.9 Å². The minimum absolute atomic E-state index is 0.0140. The highest BCUT2D eigenvalue weighted by Gasteiger charge is 2.22. The van der Waals surface area contributed by atoms with Gasteiger partial charge in [-0.2, -0.15) is 0 Å². The van der Waals surface area contributed by atoms with Gasteiger partial charge in [-0.15, -0.1) is 0 Å². The van der Waals surface area contributed by atoms with Crippen LogP contribution in [0.25, 0.3) is 5.70 Å². The molecule has 1 rings (SSSR count). The minimum atomic E-state index is -2.96. The number of nitrogens with zero attached hydrogens (tertiary/aromatic N) is 1. The molecule has 0 fully saturated rings. The second-order valence-electron chi connectivity index (χ2n) is 4.70. The van der Waals surface area contributed by atoms with Crippen LogP contribution in [0.2, 0.25) is 0 Å². The number of hydrogen-bond acceptors (Lipinski definition) is 5. The number of allylic oxidation sites excluding steroid dienone is 1. The van der Waals surface area contributed by atoms with Crippen LogP contribution in [0.15, 0.2) is 41.7 Å². The summed E-state index contributed by atoms with van der Waals surface area (Å²) in [6, 6.07) is 5.14. The van der Waals surface area contributed by atoms with Crippen molar-refractivity contribution in [1.82, 2.24) is 0 Å². The van der Waals surface area contributed by atoms with E-state index in [9.17, 15) is 8.78 Å². The smallest absolute Gasteiger partial charge is 0.278 e. The number of aliphatic imine (C=N–C) groups is 1. The molecule has 0 aliphatic rings. The Balaban J connectivity index is 2.85. The Morgan fingerprint density at radius 1 is 1.35 bits per heavy atom. The zero-order chi connectivity index (χ0) is 17.5. The number of halogens is 2. The largest absolute Gasteiger partial charge is 0.497 e. The van der Waals surface area contributed by atoms with Gasteiger partial charge in [-0.25, -0.2) is 8.78 Å². The van der Waals surface area contributed by atoms with E-state index in [0.29, 0.717) is 22.8 Å².